The van der Waals surface area contributed by atoms with Crippen LogP contribution in [0, 0.1) is 20.8 Å². The third-order valence-corrected chi connectivity index (χ3v) is 10.5. The SMILES string of the molecule is CC1=CCC=C(N(c2ccc(C)cc2)c2ccc(C3(c4ccc(N(c5ccc(C)cc5)c5ccc(C)cc5)cc4)CCCCC3)cc2)C=C1. The highest BCUT2D eigenvalue weighted by molar-refractivity contribution is 5.77. The van der Waals surface area contributed by atoms with E-state index in [1.165, 1.54) is 99.6 Å². The maximum absolute atomic E-state index is 2.41. The zero-order valence-corrected chi connectivity index (χ0v) is 29.5. The molecule has 1 fully saturated rings. The molecule has 0 N–H and O–H groups in total. The Morgan fingerprint density at radius 3 is 1.22 bits per heavy atom. The fourth-order valence-electron chi connectivity index (χ4n) is 7.62. The van der Waals surface area contributed by atoms with Gasteiger partial charge in [0.1, 0.15) is 0 Å². The van der Waals surface area contributed by atoms with Crippen LogP contribution in [0.4, 0.5) is 28.4 Å². The molecule has 2 aliphatic rings. The van der Waals surface area contributed by atoms with E-state index in [-0.39, 0.29) is 5.41 Å². The maximum Gasteiger partial charge on any atom is 0.0461 e. The van der Waals surface area contributed by atoms with E-state index in [4.69, 9.17) is 0 Å². The second kappa shape index (κ2) is 14.2. The molecule has 0 amide bonds. The number of anilines is 5. The van der Waals surface area contributed by atoms with Crippen molar-refractivity contribution in [2.75, 3.05) is 9.80 Å². The van der Waals surface area contributed by atoms with Crippen molar-refractivity contribution in [3.63, 3.8) is 0 Å². The van der Waals surface area contributed by atoms with Gasteiger partial charge in [-0.2, -0.15) is 0 Å². The van der Waals surface area contributed by atoms with Crippen molar-refractivity contribution < 1.29 is 0 Å². The van der Waals surface area contributed by atoms with Crippen LogP contribution in [0.3, 0.4) is 0 Å². The number of aryl methyl sites for hydroxylation is 3. The summed E-state index contributed by atoms with van der Waals surface area (Å²) < 4.78 is 0. The highest BCUT2D eigenvalue weighted by Crippen LogP contribution is 2.47. The summed E-state index contributed by atoms with van der Waals surface area (Å²) in [5, 5.41) is 0. The molecule has 0 saturated heterocycles. The lowest BCUT2D eigenvalue weighted by Gasteiger charge is -2.39. The molecule has 5 aromatic carbocycles. The average Bonchev–Trinajstić information content (AvgIpc) is 3.36. The van der Waals surface area contributed by atoms with Crippen LogP contribution in [0.1, 0.15) is 73.3 Å². The van der Waals surface area contributed by atoms with Crippen LogP contribution >= 0.6 is 0 Å². The molecule has 0 unspecified atom stereocenters. The molecule has 2 nitrogen and oxygen atoms in total. The Kier molecular flexibility index (Phi) is 9.40. The van der Waals surface area contributed by atoms with E-state index in [0.717, 1.165) is 6.42 Å². The molecule has 1 saturated carbocycles. The van der Waals surface area contributed by atoms with Crippen LogP contribution in [-0.4, -0.2) is 0 Å². The Bertz CT molecular complexity index is 1910. The fourth-order valence-corrected chi connectivity index (χ4v) is 7.62. The van der Waals surface area contributed by atoms with Gasteiger partial charge in [0.05, 0.1) is 0 Å². The fraction of sp³-hybridized carbons (Fsp3) is 0.234. The van der Waals surface area contributed by atoms with E-state index in [1.807, 2.05) is 0 Å². The number of hydrogen-bond acceptors (Lipinski definition) is 2. The molecular weight excluding hydrogens is 593 g/mol. The largest absolute Gasteiger partial charge is 0.311 e. The van der Waals surface area contributed by atoms with Gasteiger partial charge in [0.2, 0.25) is 0 Å². The number of benzene rings is 5. The van der Waals surface area contributed by atoms with E-state index in [2.05, 4.69) is 183 Å². The summed E-state index contributed by atoms with van der Waals surface area (Å²) in [7, 11) is 0. The normalized spacial score (nSPS) is 15.6. The summed E-state index contributed by atoms with van der Waals surface area (Å²) in [5.74, 6) is 0. The first kappa shape index (κ1) is 32.5. The van der Waals surface area contributed by atoms with Crippen LogP contribution < -0.4 is 9.80 Å². The number of allylic oxidation sites excluding steroid dienone is 5. The van der Waals surface area contributed by atoms with Crippen LogP contribution in [0.25, 0.3) is 0 Å². The Morgan fingerprint density at radius 2 is 0.796 bits per heavy atom. The zero-order valence-electron chi connectivity index (χ0n) is 29.5. The third-order valence-electron chi connectivity index (χ3n) is 10.5. The van der Waals surface area contributed by atoms with Crippen LogP contribution in [0.2, 0.25) is 0 Å². The van der Waals surface area contributed by atoms with Gasteiger partial charge in [0.15, 0.2) is 0 Å². The molecule has 2 aliphatic carbocycles. The first-order valence-electron chi connectivity index (χ1n) is 18.0. The summed E-state index contributed by atoms with van der Waals surface area (Å²) in [4.78, 5) is 4.78. The highest BCUT2D eigenvalue weighted by atomic mass is 15.1. The second-order valence-corrected chi connectivity index (χ2v) is 14.1. The minimum atomic E-state index is 0.00503. The Labute approximate surface area is 293 Å². The minimum Gasteiger partial charge on any atom is -0.311 e. The predicted molar refractivity (Wildman–Crippen MR) is 210 cm³/mol. The number of nitrogens with zero attached hydrogens (tertiary/aromatic N) is 2. The van der Waals surface area contributed by atoms with Gasteiger partial charge in [0, 0.05) is 39.5 Å². The maximum atomic E-state index is 2.41. The summed E-state index contributed by atoms with van der Waals surface area (Å²) in [6, 6.07) is 45.6. The predicted octanol–water partition coefficient (Wildman–Crippen LogP) is 13.3. The van der Waals surface area contributed by atoms with E-state index < -0.39 is 0 Å². The molecule has 0 aliphatic heterocycles. The lowest BCUT2D eigenvalue weighted by Crippen LogP contribution is -2.30. The molecule has 0 bridgehead atoms. The van der Waals surface area contributed by atoms with E-state index in [1.54, 1.807) is 0 Å². The van der Waals surface area contributed by atoms with Gasteiger partial charge in [-0.25, -0.2) is 0 Å². The van der Waals surface area contributed by atoms with Gasteiger partial charge in [0.25, 0.3) is 0 Å². The number of hydrogen-bond donors (Lipinski definition) is 0. The summed E-state index contributed by atoms with van der Waals surface area (Å²) >= 11 is 0. The van der Waals surface area contributed by atoms with Crippen LogP contribution in [0.15, 0.2) is 157 Å². The van der Waals surface area contributed by atoms with Crippen molar-refractivity contribution in [1.29, 1.82) is 0 Å². The summed E-state index contributed by atoms with van der Waals surface area (Å²) in [6.07, 6.45) is 16.2. The van der Waals surface area contributed by atoms with Gasteiger partial charge in [-0.15, -0.1) is 0 Å². The van der Waals surface area contributed by atoms with Gasteiger partial charge in [-0.3, -0.25) is 0 Å². The van der Waals surface area contributed by atoms with E-state index >= 15 is 0 Å². The third kappa shape index (κ3) is 6.92. The van der Waals surface area contributed by atoms with Gasteiger partial charge in [-0.1, -0.05) is 120 Å². The molecule has 0 aromatic heterocycles. The second-order valence-electron chi connectivity index (χ2n) is 14.1. The molecule has 246 valence electrons. The summed E-state index contributed by atoms with van der Waals surface area (Å²) in [6.45, 7) is 8.63. The van der Waals surface area contributed by atoms with Gasteiger partial charge < -0.3 is 9.80 Å². The van der Waals surface area contributed by atoms with Gasteiger partial charge in [-0.05, 0) is 125 Å². The van der Waals surface area contributed by atoms with Crippen molar-refractivity contribution in [1.82, 2.24) is 0 Å². The molecule has 0 heterocycles. The van der Waals surface area contributed by atoms with Crippen LogP contribution in [0.5, 0.6) is 0 Å². The lowest BCUT2D eigenvalue weighted by atomic mass is 9.65. The molecular formula is C47H48N2. The van der Waals surface area contributed by atoms with Crippen molar-refractivity contribution in [2.24, 2.45) is 0 Å². The topological polar surface area (TPSA) is 6.48 Å². The summed E-state index contributed by atoms with van der Waals surface area (Å²) in [5.41, 5.74) is 15.1. The van der Waals surface area contributed by atoms with Crippen molar-refractivity contribution in [3.8, 4) is 0 Å². The Morgan fingerprint density at radius 1 is 0.408 bits per heavy atom. The number of rotatable bonds is 8. The van der Waals surface area contributed by atoms with E-state index in [0.29, 0.717) is 0 Å². The standard InChI is InChI=1S/C47H48N2/c1-35-9-8-10-41(22-11-35)48(42-23-12-36(2)13-24-42)45-29-18-39(19-30-45)47(33-6-5-7-34-47)40-20-31-46(32-21-40)49(43-25-14-37(3)15-26-43)44-27-16-38(4)17-28-44/h9-32H,5-8,33-34H2,1-4H3. The molecule has 0 atom stereocenters. The molecule has 5 aromatic rings. The molecule has 0 spiro atoms. The Hall–Kier alpha value is -5.08. The van der Waals surface area contributed by atoms with E-state index in [9.17, 15) is 0 Å². The van der Waals surface area contributed by atoms with Gasteiger partial charge >= 0.3 is 0 Å². The first-order valence-corrected chi connectivity index (χ1v) is 18.0. The minimum absolute atomic E-state index is 0.00503. The molecule has 7 rings (SSSR count). The average molecular weight is 641 g/mol. The monoisotopic (exact) mass is 640 g/mol. The smallest absolute Gasteiger partial charge is 0.0461 e. The molecule has 49 heavy (non-hydrogen) atoms. The van der Waals surface area contributed by atoms with Crippen molar-refractivity contribution in [2.45, 2.75) is 71.6 Å². The van der Waals surface area contributed by atoms with Crippen molar-refractivity contribution >= 4 is 28.4 Å². The van der Waals surface area contributed by atoms with Crippen molar-refractivity contribution in [3.05, 3.63) is 185 Å². The zero-order chi connectivity index (χ0) is 33.8. The molecule has 2 heteroatoms. The lowest BCUT2D eigenvalue weighted by molar-refractivity contribution is 0.346. The molecule has 0 radical (unpaired) electrons. The highest BCUT2D eigenvalue weighted by Gasteiger charge is 2.36. The Balaban J connectivity index is 1.25. The first-order chi connectivity index (χ1) is 23.9. The quantitative estimate of drug-likeness (QED) is 0.166. The van der Waals surface area contributed by atoms with Crippen LogP contribution in [-0.2, 0) is 5.41 Å².